The van der Waals surface area contributed by atoms with Crippen molar-refractivity contribution in [3.63, 3.8) is 0 Å². The van der Waals surface area contributed by atoms with Gasteiger partial charge in [-0.25, -0.2) is 0 Å². The van der Waals surface area contributed by atoms with Gasteiger partial charge >= 0.3 is 0 Å². The second kappa shape index (κ2) is 5.17. The van der Waals surface area contributed by atoms with Gasteiger partial charge in [0.1, 0.15) is 0 Å². The predicted octanol–water partition coefficient (Wildman–Crippen LogP) is 1.73. The van der Waals surface area contributed by atoms with Crippen molar-refractivity contribution in [1.29, 1.82) is 0 Å². The summed E-state index contributed by atoms with van der Waals surface area (Å²) in [6.07, 6.45) is 10.9. The molecule has 0 spiro atoms. The highest BCUT2D eigenvalue weighted by Gasteiger charge is 2.22. The smallest absolute Gasteiger partial charge is 0.226 e. The van der Waals surface area contributed by atoms with E-state index in [1.165, 1.54) is 0 Å². The number of nitrogens with zero attached hydrogens (tertiary/aromatic N) is 3. The van der Waals surface area contributed by atoms with Crippen molar-refractivity contribution in [2.45, 2.75) is 25.8 Å². The van der Waals surface area contributed by atoms with Crippen molar-refractivity contribution in [1.82, 2.24) is 14.7 Å². The van der Waals surface area contributed by atoms with Gasteiger partial charge in [0.05, 0.1) is 6.20 Å². The van der Waals surface area contributed by atoms with E-state index in [0.29, 0.717) is 6.54 Å². The van der Waals surface area contributed by atoms with Gasteiger partial charge in [-0.05, 0) is 19.3 Å². The quantitative estimate of drug-likeness (QED) is 0.746. The summed E-state index contributed by atoms with van der Waals surface area (Å²) in [5, 5.41) is 4.11. The molecule has 1 aliphatic carbocycles. The molecule has 0 N–H and O–H groups in total. The SMILES string of the molecule is CN(Cc1cnn(C)c1)C(=O)C1CC=CCC1. The van der Waals surface area contributed by atoms with Crippen LogP contribution in [0.25, 0.3) is 0 Å². The molecule has 0 aromatic carbocycles. The molecule has 17 heavy (non-hydrogen) atoms. The summed E-state index contributed by atoms with van der Waals surface area (Å²) in [6, 6.07) is 0. The van der Waals surface area contributed by atoms with Crippen LogP contribution in [0.1, 0.15) is 24.8 Å². The Balaban J connectivity index is 1.93. The van der Waals surface area contributed by atoms with Crippen molar-refractivity contribution >= 4 is 5.91 Å². The van der Waals surface area contributed by atoms with Gasteiger partial charge in [0, 0.05) is 38.3 Å². The number of hydrogen-bond acceptors (Lipinski definition) is 2. The fourth-order valence-electron chi connectivity index (χ4n) is 2.23. The van der Waals surface area contributed by atoms with E-state index in [1.807, 2.05) is 26.5 Å². The number of hydrogen-bond donors (Lipinski definition) is 0. The number of aryl methyl sites for hydroxylation is 1. The number of amides is 1. The molecular formula is C13H19N3O. The van der Waals surface area contributed by atoms with Crippen LogP contribution in [0.4, 0.5) is 0 Å². The van der Waals surface area contributed by atoms with Gasteiger partial charge in [0.25, 0.3) is 0 Å². The third-order valence-electron chi connectivity index (χ3n) is 3.17. The molecule has 1 aromatic heterocycles. The number of aromatic nitrogens is 2. The van der Waals surface area contributed by atoms with Gasteiger partial charge in [-0.1, -0.05) is 12.2 Å². The predicted molar refractivity (Wildman–Crippen MR) is 66.2 cm³/mol. The lowest BCUT2D eigenvalue weighted by Gasteiger charge is -2.24. The fourth-order valence-corrected chi connectivity index (χ4v) is 2.23. The molecule has 1 heterocycles. The average Bonchev–Trinajstić information content (AvgIpc) is 2.75. The minimum absolute atomic E-state index is 0.168. The van der Waals surface area contributed by atoms with Crippen LogP contribution in [0.2, 0.25) is 0 Å². The Labute approximate surface area is 102 Å². The van der Waals surface area contributed by atoms with E-state index in [2.05, 4.69) is 17.3 Å². The average molecular weight is 233 g/mol. The summed E-state index contributed by atoms with van der Waals surface area (Å²) in [5.74, 6) is 0.417. The van der Waals surface area contributed by atoms with E-state index in [4.69, 9.17) is 0 Å². The molecule has 0 saturated heterocycles. The van der Waals surface area contributed by atoms with E-state index < -0.39 is 0 Å². The van der Waals surface area contributed by atoms with Gasteiger partial charge < -0.3 is 4.90 Å². The summed E-state index contributed by atoms with van der Waals surface area (Å²) in [4.78, 5) is 14.0. The molecule has 0 bridgehead atoms. The Morgan fingerprint density at radius 3 is 3.00 bits per heavy atom. The molecule has 4 nitrogen and oxygen atoms in total. The van der Waals surface area contributed by atoms with E-state index in [1.54, 1.807) is 9.58 Å². The van der Waals surface area contributed by atoms with E-state index in [-0.39, 0.29) is 11.8 Å². The molecule has 1 unspecified atom stereocenters. The molecule has 0 radical (unpaired) electrons. The van der Waals surface area contributed by atoms with Crippen LogP contribution in [0, 0.1) is 5.92 Å². The molecule has 1 aliphatic rings. The molecule has 1 atom stereocenters. The minimum atomic E-state index is 0.168. The number of carbonyl (C=O) groups is 1. The summed E-state index contributed by atoms with van der Waals surface area (Å²) in [6.45, 7) is 0.646. The van der Waals surface area contributed by atoms with Gasteiger partial charge in [-0.15, -0.1) is 0 Å². The lowest BCUT2D eigenvalue weighted by atomic mass is 9.93. The summed E-state index contributed by atoms with van der Waals surface area (Å²) < 4.78 is 1.76. The van der Waals surface area contributed by atoms with Crippen molar-refractivity contribution in [3.8, 4) is 0 Å². The summed E-state index contributed by atoms with van der Waals surface area (Å²) >= 11 is 0. The van der Waals surface area contributed by atoms with Crippen molar-refractivity contribution in [2.24, 2.45) is 13.0 Å². The Morgan fingerprint density at radius 2 is 2.41 bits per heavy atom. The maximum atomic E-state index is 12.2. The number of carbonyl (C=O) groups excluding carboxylic acids is 1. The van der Waals surface area contributed by atoms with E-state index >= 15 is 0 Å². The molecule has 92 valence electrons. The Morgan fingerprint density at radius 1 is 1.59 bits per heavy atom. The first-order valence-electron chi connectivity index (χ1n) is 6.04. The van der Waals surface area contributed by atoms with Gasteiger partial charge in [0.2, 0.25) is 5.91 Å². The maximum absolute atomic E-state index is 12.2. The Hall–Kier alpha value is -1.58. The van der Waals surface area contributed by atoms with Crippen LogP contribution < -0.4 is 0 Å². The maximum Gasteiger partial charge on any atom is 0.226 e. The highest BCUT2D eigenvalue weighted by atomic mass is 16.2. The van der Waals surface area contributed by atoms with Crippen LogP contribution in [0.3, 0.4) is 0 Å². The Kier molecular flexibility index (Phi) is 3.61. The van der Waals surface area contributed by atoms with E-state index in [9.17, 15) is 4.79 Å². The molecular weight excluding hydrogens is 214 g/mol. The zero-order valence-electron chi connectivity index (χ0n) is 10.5. The topological polar surface area (TPSA) is 38.1 Å². The third kappa shape index (κ3) is 2.96. The van der Waals surface area contributed by atoms with Crippen LogP contribution in [-0.2, 0) is 18.4 Å². The first-order chi connectivity index (χ1) is 8.16. The van der Waals surface area contributed by atoms with Crippen LogP contribution in [0.15, 0.2) is 24.5 Å². The highest BCUT2D eigenvalue weighted by Crippen LogP contribution is 2.20. The lowest BCUT2D eigenvalue weighted by molar-refractivity contribution is -0.135. The molecule has 1 amide bonds. The van der Waals surface area contributed by atoms with Crippen LogP contribution >= 0.6 is 0 Å². The largest absolute Gasteiger partial charge is 0.341 e. The summed E-state index contributed by atoms with van der Waals surface area (Å²) in [5.41, 5.74) is 1.08. The fraction of sp³-hybridized carbons (Fsp3) is 0.538. The van der Waals surface area contributed by atoms with Crippen LogP contribution in [0.5, 0.6) is 0 Å². The monoisotopic (exact) mass is 233 g/mol. The zero-order valence-corrected chi connectivity index (χ0v) is 10.5. The lowest BCUT2D eigenvalue weighted by Crippen LogP contribution is -2.32. The molecule has 0 saturated carbocycles. The Bertz CT molecular complexity index is 422. The standard InChI is InChI=1S/C13H19N3O/c1-15(9-11-8-14-16(2)10-11)13(17)12-6-4-3-5-7-12/h3-4,8,10,12H,5-7,9H2,1-2H3. The molecule has 1 aromatic rings. The first kappa shape index (κ1) is 11.9. The van der Waals surface area contributed by atoms with Crippen molar-refractivity contribution in [3.05, 3.63) is 30.1 Å². The summed E-state index contributed by atoms with van der Waals surface area (Å²) in [7, 11) is 3.75. The van der Waals surface area contributed by atoms with E-state index in [0.717, 1.165) is 24.8 Å². The molecule has 0 aliphatic heterocycles. The second-order valence-corrected chi connectivity index (χ2v) is 4.70. The normalized spacial score (nSPS) is 19.3. The molecule has 0 fully saturated rings. The van der Waals surface area contributed by atoms with Gasteiger partial charge in [-0.3, -0.25) is 9.48 Å². The second-order valence-electron chi connectivity index (χ2n) is 4.70. The third-order valence-corrected chi connectivity index (χ3v) is 3.17. The molecule has 4 heteroatoms. The minimum Gasteiger partial charge on any atom is -0.341 e. The van der Waals surface area contributed by atoms with Crippen molar-refractivity contribution < 1.29 is 4.79 Å². The zero-order chi connectivity index (χ0) is 12.3. The molecule has 2 rings (SSSR count). The van der Waals surface area contributed by atoms with Gasteiger partial charge in [-0.2, -0.15) is 5.10 Å². The van der Waals surface area contributed by atoms with Gasteiger partial charge in [0.15, 0.2) is 0 Å². The number of rotatable bonds is 3. The van der Waals surface area contributed by atoms with Crippen molar-refractivity contribution in [2.75, 3.05) is 7.05 Å². The van der Waals surface area contributed by atoms with Crippen LogP contribution in [-0.4, -0.2) is 27.6 Å². The highest BCUT2D eigenvalue weighted by molar-refractivity contribution is 5.78. The first-order valence-corrected chi connectivity index (χ1v) is 6.04. The number of allylic oxidation sites excluding steroid dienone is 2.